The van der Waals surface area contributed by atoms with Crippen LogP contribution in [-0.2, 0) is 11.2 Å². The molecule has 1 aliphatic rings. The molecule has 0 aromatic heterocycles. The molecule has 19 heavy (non-hydrogen) atoms. The van der Waals surface area contributed by atoms with Crippen molar-refractivity contribution < 1.29 is 4.79 Å². The standard InChI is InChI=1S/C15H19Cl2NO/c16-12-4-5-13(17)11(8-12)9-14(19)15(10-18)6-2-1-3-7-15/h4-5,8H,1-3,6-7,9-10,18H2. The number of rotatable bonds is 4. The van der Waals surface area contributed by atoms with Gasteiger partial charge in [0.15, 0.2) is 0 Å². The van der Waals surface area contributed by atoms with Crippen LogP contribution in [0.2, 0.25) is 10.0 Å². The fourth-order valence-electron chi connectivity index (χ4n) is 2.86. The highest BCUT2D eigenvalue weighted by Gasteiger charge is 2.37. The average Bonchev–Trinajstić information content (AvgIpc) is 2.43. The normalized spacial score (nSPS) is 18.3. The Bertz CT molecular complexity index is 467. The summed E-state index contributed by atoms with van der Waals surface area (Å²) >= 11 is 12.1. The highest BCUT2D eigenvalue weighted by molar-refractivity contribution is 6.33. The van der Waals surface area contributed by atoms with Gasteiger partial charge in [-0.3, -0.25) is 4.79 Å². The topological polar surface area (TPSA) is 43.1 Å². The molecular weight excluding hydrogens is 281 g/mol. The summed E-state index contributed by atoms with van der Waals surface area (Å²) in [4.78, 5) is 12.6. The predicted octanol–water partition coefficient (Wildman–Crippen LogP) is 4.01. The van der Waals surface area contributed by atoms with Gasteiger partial charge in [0.05, 0.1) is 0 Å². The van der Waals surface area contributed by atoms with Crippen LogP contribution in [0.1, 0.15) is 37.7 Å². The zero-order valence-electron chi connectivity index (χ0n) is 10.9. The average molecular weight is 300 g/mol. The van der Waals surface area contributed by atoms with E-state index in [0.29, 0.717) is 23.0 Å². The number of carbonyl (C=O) groups excluding carboxylic acids is 1. The maximum atomic E-state index is 12.6. The Hall–Kier alpha value is -0.570. The number of Topliss-reactive ketones (excluding diaryl/α,β-unsaturated/α-hetero) is 1. The number of ketones is 1. The lowest BCUT2D eigenvalue weighted by molar-refractivity contribution is -0.129. The first-order valence-electron chi connectivity index (χ1n) is 6.75. The van der Waals surface area contributed by atoms with Gasteiger partial charge in [-0.1, -0.05) is 42.5 Å². The van der Waals surface area contributed by atoms with Crippen molar-refractivity contribution in [3.05, 3.63) is 33.8 Å². The molecule has 2 nitrogen and oxygen atoms in total. The number of carbonyl (C=O) groups is 1. The molecule has 0 radical (unpaired) electrons. The Morgan fingerprint density at radius 1 is 1.21 bits per heavy atom. The molecule has 1 aromatic rings. The van der Waals surface area contributed by atoms with Gasteiger partial charge in [0.1, 0.15) is 5.78 Å². The quantitative estimate of drug-likeness (QED) is 0.912. The van der Waals surface area contributed by atoms with Crippen molar-refractivity contribution in [3.8, 4) is 0 Å². The van der Waals surface area contributed by atoms with Crippen molar-refractivity contribution in [2.24, 2.45) is 11.1 Å². The summed E-state index contributed by atoms with van der Waals surface area (Å²) in [5.74, 6) is 0.207. The van der Waals surface area contributed by atoms with Gasteiger partial charge in [-0.2, -0.15) is 0 Å². The summed E-state index contributed by atoms with van der Waals surface area (Å²) < 4.78 is 0. The van der Waals surface area contributed by atoms with E-state index in [-0.39, 0.29) is 11.2 Å². The monoisotopic (exact) mass is 299 g/mol. The molecule has 1 aromatic carbocycles. The first-order valence-corrected chi connectivity index (χ1v) is 7.50. The molecule has 0 bridgehead atoms. The highest BCUT2D eigenvalue weighted by Crippen LogP contribution is 2.37. The maximum absolute atomic E-state index is 12.6. The van der Waals surface area contributed by atoms with Gasteiger partial charge in [0.2, 0.25) is 0 Å². The Kier molecular flexibility index (Phi) is 4.88. The second-order valence-corrected chi connectivity index (χ2v) is 6.22. The lowest BCUT2D eigenvalue weighted by atomic mass is 9.70. The van der Waals surface area contributed by atoms with Crippen LogP contribution in [0.25, 0.3) is 0 Å². The van der Waals surface area contributed by atoms with E-state index >= 15 is 0 Å². The zero-order valence-corrected chi connectivity index (χ0v) is 12.4. The molecule has 1 saturated carbocycles. The SMILES string of the molecule is NCC1(C(=O)Cc2cc(Cl)ccc2Cl)CCCCC1. The molecular formula is C15H19Cl2NO. The summed E-state index contributed by atoms with van der Waals surface area (Å²) in [5, 5.41) is 1.21. The van der Waals surface area contributed by atoms with Gasteiger partial charge in [-0.25, -0.2) is 0 Å². The molecule has 0 saturated heterocycles. The molecule has 2 rings (SSSR count). The Morgan fingerprint density at radius 2 is 1.89 bits per heavy atom. The third kappa shape index (κ3) is 3.31. The molecule has 0 aliphatic heterocycles. The number of hydrogen-bond donors (Lipinski definition) is 1. The molecule has 0 heterocycles. The molecule has 0 amide bonds. The van der Waals surface area contributed by atoms with E-state index in [1.165, 1.54) is 6.42 Å². The Labute approximate surface area is 124 Å². The first kappa shape index (κ1) is 14.8. The van der Waals surface area contributed by atoms with Crippen LogP contribution in [0.3, 0.4) is 0 Å². The molecule has 2 N–H and O–H groups in total. The van der Waals surface area contributed by atoms with Crippen molar-refractivity contribution in [1.29, 1.82) is 0 Å². The third-order valence-electron chi connectivity index (χ3n) is 4.15. The maximum Gasteiger partial charge on any atom is 0.144 e. The van der Waals surface area contributed by atoms with Crippen LogP contribution in [-0.4, -0.2) is 12.3 Å². The second kappa shape index (κ2) is 6.25. The van der Waals surface area contributed by atoms with Crippen molar-refractivity contribution in [1.82, 2.24) is 0 Å². The van der Waals surface area contributed by atoms with Crippen molar-refractivity contribution in [2.45, 2.75) is 38.5 Å². The van der Waals surface area contributed by atoms with E-state index in [4.69, 9.17) is 28.9 Å². The minimum Gasteiger partial charge on any atom is -0.329 e. The van der Waals surface area contributed by atoms with Crippen LogP contribution in [0.4, 0.5) is 0 Å². The fraction of sp³-hybridized carbons (Fsp3) is 0.533. The van der Waals surface area contributed by atoms with Crippen LogP contribution in [0.15, 0.2) is 18.2 Å². The van der Waals surface area contributed by atoms with Crippen LogP contribution < -0.4 is 5.73 Å². The molecule has 1 fully saturated rings. The van der Waals surface area contributed by atoms with E-state index < -0.39 is 0 Å². The van der Waals surface area contributed by atoms with Crippen molar-refractivity contribution in [3.63, 3.8) is 0 Å². The molecule has 4 heteroatoms. The first-order chi connectivity index (χ1) is 9.07. The van der Waals surface area contributed by atoms with Gasteiger partial charge in [-0.15, -0.1) is 0 Å². The van der Waals surface area contributed by atoms with E-state index in [2.05, 4.69) is 0 Å². The number of halogens is 2. The summed E-state index contributed by atoms with van der Waals surface area (Å²) in [6, 6.07) is 5.24. The number of hydrogen-bond acceptors (Lipinski definition) is 2. The number of benzene rings is 1. The number of nitrogens with two attached hydrogens (primary N) is 1. The van der Waals surface area contributed by atoms with E-state index in [1.807, 2.05) is 0 Å². The van der Waals surface area contributed by atoms with Crippen LogP contribution >= 0.6 is 23.2 Å². The second-order valence-electron chi connectivity index (χ2n) is 5.38. The smallest absolute Gasteiger partial charge is 0.144 e. The zero-order chi connectivity index (χ0) is 13.9. The molecule has 104 valence electrons. The van der Waals surface area contributed by atoms with E-state index in [1.54, 1.807) is 18.2 Å². The van der Waals surface area contributed by atoms with Crippen molar-refractivity contribution >= 4 is 29.0 Å². The lowest BCUT2D eigenvalue weighted by Gasteiger charge is -2.34. The Morgan fingerprint density at radius 3 is 2.53 bits per heavy atom. The molecule has 0 atom stereocenters. The van der Waals surface area contributed by atoms with Gasteiger partial charge in [0, 0.05) is 28.4 Å². The van der Waals surface area contributed by atoms with Crippen LogP contribution in [0.5, 0.6) is 0 Å². The summed E-state index contributed by atoms with van der Waals surface area (Å²) in [6.07, 6.45) is 5.52. The lowest BCUT2D eigenvalue weighted by Crippen LogP contribution is -2.41. The van der Waals surface area contributed by atoms with Crippen molar-refractivity contribution in [2.75, 3.05) is 6.54 Å². The highest BCUT2D eigenvalue weighted by atomic mass is 35.5. The van der Waals surface area contributed by atoms with Crippen LogP contribution in [0, 0.1) is 5.41 Å². The van der Waals surface area contributed by atoms with Gasteiger partial charge in [0.25, 0.3) is 0 Å². The molecule has 0 unspecified atom stereocenters. The minimum atomic E-state index is -0.343. The largest absolute Gasteiger partial charge is 0.329 e. The minimum absolute atomic E-state index is 0.207. The fourth-order valence-corrected chi connectivity index (χ4v) is 3.24. The summed E-state index contributed by atoms with van der Waals surface area (Å²) in [7, 11) is 0. The van der Waals surface area contributed by atoms with Gasteiger partial charge >= 0.3 is 0 Å². The van der Waals surface area contributed by atoms with Gasteiger partial charge < -0.3 is 5.73 Å². The van der Waals surface area contributed by atoms with E-state index in [9.17, 15) is 4.79 Å². The predicted molar refractivity (Wildman–Crippen MR) is 79.7 cm³/mol. The molecule has 0 spiro atoms. The Balaban J connectivity index is 2.17. The summed E-state index contributed by atoms with van der Waals surface area (Å²) in [5.41, 5.74) is 6.34. The summed E-state index contributed by atoms with van der Waals surface area (Å²) in [6.45, 7) is 0.435. The third-order valence-corrected chi connectivity index (χ3v) is 4.76. The molecule has 1 aliphatic carbocycles. The van der Waals surface area contributed by atoms with Gasteiger partial charge in [-0.05, 0) is 36.6 Å². The van der Waals surface area contributed by atoms with E-state index in [0.717, 1.165) is 31.2 Å².